The summed E-state index contributed by atoms with van der Waals surface area (Å²) in [6.45, 7) is 0.973. The second-order valence-electron chi connectivity index (χ2n) is 9.00. The van der Waals surface area contributed by atoms with Crippen molar-refractivity contribution in [2.45, 2.75) is 31.8 Å². The van der Waals surface area contributed by atoms with Crippen LogP contribution in [-0.2, 0) is 22.6 Å². The van der Waals surface area contributed by atoms with Crippen molar-refractivity contribution < 1.29 is 24.6 Å². The first-order valence-electron chi connectivity index (χ1n) is 12.4. The molecule has 1 atom stereocenters. The number of nitrogens with one attached hydrogen (secondary N) is 1. The Labute approximate surface area is 228 Å². The van der Waals surface area contributed by atoms with Gasteiger partial charge in [-0.05, 0) is 42.7 Å². The molecule has 1 amide bonds. The van der Waals surface area contributed by atoms with E-state index in [0.29, 0.717) is 29.9 Å². The van der Waals surface area contributed by atoms with Crippen LogP contribution in [0, 0.1) is 0 Å². The number of fused-ring (bicyclic) bond motifs is 1. The lowest BCUT2D eigenvalue weighted by Gasteiger charge is -2.25. The van der Waals surface area contributed by atoms with Crippen molar-refractivity contribution in [1.29, 1.82) is 0 Å². The van der Waals surface area contributed by atoms with E-state index in [9.17, 15) is 19.5 Å². The minimum Gasteiger partial charge on any atom is -0.481 e. The molecule has 0 bridgehead atoms. The quantitative estimate of drug-likeness (QED) is 0.173. The number of aromatic nitrogens is 4. The summed E-state index contributed by atoms with van der Waals surface area (Å²) in [7, 11) is 0. The minimum atomic E-state index is -1.32. The van der Waals surface area contributed by atoms with Crippen LogP contribution in [0.2, 0.25) is 0 Å². The Kier molecular flexibility index (Phi) is 8.64. The maximum Gasteiger partial charge on any atom is 0.326 e. The Morgan fingerprint density at radius 2 is 1.68 bits per heavy atom. The zero-order valence-corrected chi connectivity index (χ0v) is 21.4. The summed E-state index contributed by atoms with van der Waals surface area (Å²) in [4.78, 5) is 54.0. The molecular formula is C27H28N8O5. The number of benzene rings is 2. The summed E-state index contributed by atoms with van der Waals surface area (Å²) in [6, 6.07) is 15.3. The number of aliphatic carboxylic acids is 2. The molecule has 7 N–H and O–H groups in total. The molecule has 0 spiro atoms. The fourth-order valence-electron chi connectivity index (χ4n) is 4.05. The van der Waals surface area contributed by atoms with E-state index in [2.05, 4.69) is 30.2 Å². The fraction of sp³-hybridized carbons (Fsp3) is 0.222. The number of rotatable bonds is 12. The third kappa shape index (κ3) is 7.16. The largest absolute Gasteiger partial charge is 0.481 e. The number of carbonyl (C=O) groups excluding carboxylic acids is 1. The SMILES string of the molecule is Nc1nc(N)c2nc(CN(CCc3ccccc3)c3ccc(C(=O)NC(CCC(=O)O)C(=O)O)cc3)cnc2n1. The minimum absolute atomic E-state index is 0.0113. The van der Waals surface area contributed by atoms with Gasteiger partial charge in [-0.25, -0.2) is 14.8 Å². The molecule has 13 heteroatoms. The second-order valence-corrected chi connectivity index (χ2v) is 9.00. The van der Waals surface area contributed by atoms with Crippen molar-refractivity contribution in [1.82, 2.24) is 25.3 Å². The van der Waals surface area contributed by atoms with Gasteiger partial charge in [0.2, 0.25) is 5.95 Å². The molecule has 0 fully saturated rings. The Balaban J connectivity index is 1.55. The number of amides is 1. The molecule has 2 heterocycles. The van der Waals surface area contributed by atoms with Gasteiger partial charge in [-0.1, -0.05) is 30.3 Å². The van der Waals surface area contributed by atoms with E-state index in [4.69, 9.17) is 16.6 Å². The van der Waals surface area contributed by atoms with Crippen molar-refractivity contribution in [3.8, 4) is 0 Å². The Morgan fingerprint density at radius 3 is 2.35 bits per heavy atom. The van der Waals surface area contributed by atoms with Crippen molar-refractivity contribution >= 4 is 46.5 Å². The number of carboxylic acids is 2. The number of anilines is 3. The molecule has 0 saturated heterocycles. The zero-order chi connectivity index (χ0) is 28.6. The van der Waals surface area contributed by atoms with Crippen LogP contribution in [0.3, 0.4) is 0 Å². The van der Waals surface area contributed by atoms with Crippen molar-refractivity contribution in [2.75, 3.05) is 22.9 Å². The van der Waals surface area contributed by atoms with Gasteiger partial charge >= 0.3 is 11.9 Å². The molecular weight excluding hydrogens is 516 g/mol. The molecule has 0 aliphatic rings. The third-order valence-electron chi connectivity index (χ3n) is 6.11. The first-order chi connectivity index (χ1) is 19.2. The van der Waals surface area contributed by atoms with Gasteiger partial charge in [0.1, 0.15) is 6.04 Å². The standard InChI is InChI=1S/C27H28N8O5/c28-23-22-24(34-27(29)33-23)30-14-18(31-22)15-35(13-12-16-4-2-1-3-5-16)19-8-6-17(7-9-19)25(38)32-20(26(39)40)10-11-21(36)37/h1-9,14,20H,10-13,15H2,(H,32,38)(H,36,37)(H,39,40)(H4,28,29,30,33,34). The van der Waals surface area contributed by atoms with Gasteiger partial charge in [0.15, 0.2) is 17.0 Å². The first-order valence-corrected chi connectivity index (χ1v) is 12.4. The number of carbonyl (C=O) groups is 3. The number of nitrogen functional groups attached to an aromatic ring is 2. The van der Waals surface area contributed by atoms with E-state index >= 15 is 0 Å². The van der Waals surface area contributed by atoms with Crippen LogP contribution in [0.4, 0.5) is 17.5 Å². The average Bonchev–Trinajstić information content (AvgIpc) is 2.93. The van der Waals surface area contributed by atoms with Gasteiger partial charge in [0.05, 0.1) is 18.4 Å². The maximum absolute atomic E-state index is 12.7. The van der Waals surface area contributed by atoms with Gasteiger partial charge in [0, 0.05) is 24.2 Å². The van der Waals surface area contributed by atoms with Crippen LogP contribution < -0.4 is 21.7 Å². The summed E-state index contributed by atoms with van der Waals surface area (Å²) in [6.07, 6.45) is 1.72. The normalized spacial score (nSPS) is 11.6. The van der Waals surface area contributed by atoms with E-state index in [0.717, 1.165) is 17.7 Å². The van der Waals surface area contributed by atoms with E-state index in [1.807, 2.05) is 30.3 Å². The molecule has 2 aromatic heterocycles. The van der Waals surface area contributed by atoms with E-state index < -0.39 is 23.9 Å². The number of hydrogen-bond acceptors (Lipinski definition) is 10. The lowest BCUT2D eigenvalue weighted by Crippen LogP contribution is -2.41. The number of nitrogens with two attached hydrogens (primary N) is 2. The molecule has 2 aromatic carbocycles. The monoisotopic (exact) mass is 544 g/mol. The summed E-state index contributed by atoms with van der Waals surface area (Å²) in [5.74, 6) is -2.92. The molecule has 40 heavy (non-hydrogen) atoms. The molecule has 4 aromatic rings. The molecule has 0 saturated carbocycles. The zero-order valence-electron chi connectivity index (χ0n) is 21.4. The summed E-state index contributed by atoms with van der Waals surface area (Å²) in [5.41, 5.74) is 15.1. The highest BCUT2D eigenvalue weighted by Gasteiger charge is 2.22. The highest BCUT2D eigenvalue weighted by atomic mass is 16.4. The molecule has 0 aliphatic heterocycles. The summed E-state index contributed by atoms with van der Waals surface area (Å²) >= 11 is 0. The molecule has 206 valence electrons. The Bertz CT molecular complexity index is 1520. The van der Waals surface area contributed by atoms with Crippen molar-refractivity contribution in [2.24, 2.45) is 0 Å². The smallest absolute Gasteiger partial charge is 0.326 e. The van der Waals surface area contributed by atoms with E-state index in [-0.39, 0.29) is 30.2 Å². The van der Waals surface area contributed by atoms with Crippen LogP contribution in [0.25, 0.3) is 11.2 Å². The van der Waals surface area contributed by atoms with Gasteiger partial charge in [-0.15, -0.1) is 0 Å². The summed E-state index contributed by atoms with van der Waals surface area (Å²) < 4.78 is 0. The number of nitrogens with zero attached hydrogens (tertiary/aromatic N) is 5. The predicted molar refractivity (Wildman–Crippen MR) is 147 cm³/mol. The van der Waals surface area contributed by atoms with Crippen LogP contribution >= 0.6 is 0 Å². The predicted octanol–water partition coefficient (Wildman–Crippen LogP) is 1.88. The van der Waals surface area contributed by atoms with Crippen LogP contribution in [0.5, 0.6) is 0 Å². The van der Waals surface area contributed by atoms with Crippen molar-refractivity contribution in [3.05, 3.63) is 77.6 Å². The molecule has 1 unspecified atom stereocenters. The molecule has 0 radical (unpaired) electrons. The van der Waals surface area contributed by atoms with Crippen LogP contribution in [0.15, 0.2) is 60.8 Å². The van der Waals surface area contributed by atoms with E-state index in [1.165, 1.54) is 0 Å². The topological polar surface area (TPSA) is 211 Å². The molecule has 4 rings (SSSR count). The molecule has 0 aliphatic carbocycles. The van der Waals surface area contributed by atoms with Gasteiger partial charge in [-0.3, -0.25) is 9.59 Å². The lowest BCUT2D eigenvalue weighted by molar-refractivity contribution is -0.140. The molecule has 13 nitrogen and oxygen atoms in total. The first kappa shape index (κ1) is 27.7. The second kappa shape index (κ2) is 12.5. The Hall–Kier alpha value is -5.33. The van der Waals surface area contributed by atoms with E-state index in [1.54, 1.807) is 30.5 Å². The Morgan fingerprint density at radius 1 is 0.950 bits per heavy atom. The maximum atomic E-state index is 12.7. The lowest BCUT2D eigenvalue weighted by atomic mass is 10.1. The average molecular weight is 545 g/mol. The van der Waals surface area contributed by atoms with Crippen molar-refractivity contribution in [3.63, 3.8) is 0 Å². The highest BCUT2D eigenvalue weighted by Crippen LogP contribution is 2.21. The van der Waals surface area contributed by atoms with Crippen LogP contribution in [0.1, 0.15) is 34.5 Å². The van der Waals surface area contributed by atoms with Gasteiger partial charge in [-0.2, -0.15) is 9.97 Å². The number of hydrogen-bond donors (Lipinski definition) is 5. The van der Waals surface area contributed by atoms with Crippen LogP contribution in [-0.4, -0.2) is 60.6 Å². The van der Waals surface area contributed by atoms with Gasteiger partial charge in [0.25, 0.3) is 5.91 Å². The van der Waals surface area contributed by atoms with Gasteiger partial charge < -0.3 is 31.9 Å². The fourth-order valence-corrected chi connectivity index (χ4v) is 4.05. The number of carboxylic acid groups (broad SMARTS) is 2. The summed E-state index contributed by atoms with van der Waals surface area (Å²) in [5, 5.41) is 20.6. The highest BCUT2D eigenvalue weighted by molar-refractivity contribution is 5.97. The third-order valence-corrected chi connectivity index (χ3v) is 6.11.